The maximum Gasteiger partial charge on any atom is 0.356 e. The van der Waals surface area contributed by atoms with E-state index in [1.54, 1.807) is 101 Å². The smallest absolute Gasteiger partial charge is 0.356 e. The summed E-state index contributed by atoms with van der Waals surface area (Å²) in [6, 6.07) is 42.0. The van der Waals surface area contributed by atoms with Crippen LogP contribution in [0.15, 0.2) is 152 Å². The molecule has 73 heavy (non-hydrogen) atoms. The Morgan fingerprint density at radius 1 is 0.685 bits per heavy atom. The number of benzene rings is 5. The van der Waals surface area contributed by atoms with Gasteiger partial charge in [0.2, 0.25) is 0 Å². The topological polar surface area (TPSA) is 199 Å². The molecule has 0 bridgehead atoms. The second-order valence-electron chi connectivity index (χ2n) is 17.3. The van der Waals surface area contributed by atoms with Crippen molar-refractivity contribution in [2.24, 2.45) is 0 Å². The molecule has 1 saturated heterocycles. The molecule has 0 spiro atoms. The maximum absolute atomic E-state index is 14.1. The van der Waals surface area contributed by atoms with Crippen molar-refractivity contribution in [2.75, 3.05) is 46.1 Å². The molecule has 1 aliphatic heterocycles. The number of rotatable bonds is 24. The van der Waals surface area contributed by atoms with Gasteiger partial charge in [-0.3, -0.25) is 13.9 Å². The number of esters is 1. The molecule has 1 fully saturated rings. The Labute approximate surface area is 423 Å². The summed E-state index contributed by atoms with van der Waals surface area (Å²) in [5.41, 5.74) is 1.98. The molecule has 7 aromatic rings. The van der Waals surface area contributed by atoms with E-state index >= 15 is 0 Å². The highest BCUT2D eigenvalue weighted by Crippen LogP contribution is 2.51. The van der Waals surface area contributed by atoms with Crippen molar-refractivity contribution in [1.82, 2.24) is 19.5 Å². The summed E-state index contributed by atoms with van der Waals surface area (Å²) >= 11 is 0. The molecular weight excluding hydrogens is 958 g/mol. The number of imidazole rings is 1. The first kappa shape index (κ1) is 52.5. The SMILES string of the molecule is COc1ccc(C(O[C@@H]2[C@H](OCOCOC(=O)c3ccccc3)[C@@H](COCP(=O)(OC(C)C)OC(C)C)O[C@H]2n2cnc3c(NC(=O)c4ccccc4)ncnc32)(c2ccccc2)c2ccc(OC)cc2)cc1. The fraction of sp³-hybridized carbons (Fsp3) is 0.315. The molecule has 1 aliphatic rings. The number of carbonyl (C=O) groups is 2. The van der Waals surface area contributed by atoms with Crippen LogP contribution in [0.2, 0.25) is 0 Å². The number of nitrogens with one attached hydrogen (secondary N) is 1. The lowest BCUT2D eigenvalue weighted by molar-refractivity contribution is -0.180. The number of nitrogens with zero attached hydrogens (tertiary/aromatic N) is 4. The van der Waals surface area contributed by atoms with Gasteiger partial charge in [0.15, 0.2) is 36.8 Å². The van der Waals surface area contributed by atoms with Gasteiger partial charge in [0.1, 0.15) is 48.1 Å². The van der Waals surface area contributed by atoms with Crippen LogP contribution >= 0.6 is 7.60 Å². The van der Waals surface area contributed by atoms with Crippen molar-refractivity contribution in [3.63, 3.8) is 0 Å². The maximum atomic E-state index is 14.1. The molecule has 5 aromatic carbocycles. The molecule has 0 saturated carbocycles. The Bertz CT molecular complexity index is 2870. The molecule has 2 aromatic heterocycles. The van der Waals surface area contributed by atoms with Gasteiger partial charge in [0, 0.05) is 5.56 Å². The van der Waals surface area contributed by atoms with Crippen LogP contribution in [0.3, 0.4) is 0 Å². The van der Waals surface area contributed by atoms with E-state index in [0.29, 0.717) is 33.8 Å². The Morgan fingerprint density at radius 3 is 1.82 bits per heavy atom. The van der Waals surface area contributed by atoms with Gasteiger partial charge in [-0.25, -0.2) is 19.7 Å². The Morgan fingerprint density at radius 2 is 1.25 bits per heavy atom. The molecule has 18 nitrogen and oxygen atoms in total. The van der Waals surface area contributed by atoms with Gasteiger partial charge in [-0.2, -0.15) is 0 Å². The second-order valence-corrected chi connectivity index (χ2v) is 19.2. The third-order valence-electron chi connectivity index (χ3n) is 11.6. The normalized spacial score (nSPS) is 17.0. The number of hydrogen-bond acceptors (Lipinski definition) is 16. The van der Waals surface area contributed by atoms with Crippen LogP contribution in [-0.4, -0.2) is 103 Å². The largest absolute Gasteiger partial charge is 0.497 e. The molecule has 19 heteroatoms. The van der Waals surface area contributed by atoms with Gasteiger partial charge < -0.3 is 52.3 Å². The highest BCUT2D eigenvalue weighted by Gasteiger charge is 2.53. The van der Waals surface area contributed by atoms with Gasteiger partial charge in [-0.1, -0.05) is 91.0 Å². The number of hydrogen-bond donors (Lipinski definition) is 1. The van der Waals surface area contributed by atoms with Crippen LogP contribution < -0.4 is 14.8 Å². The zero-order chi connectivity index (χ0) is 51.4. The first-order valence-corrected chi connectivity index (χ1v) is 25.3. The third-order valence-corrected chi connectivity index (χ3v) is 13.6. The van der Waals surface area contributed by atoms with Gasteiger partial charge in [0.25, 0.3) is 5.91 Å². The van der Waals surface area contributed by atoms with Crippen molar-refractivity contribution < 1.29 is 61.1 Å². The molecule has 0 aliphatic carbocycles. The minimum Gasteiger partial charge on any atom is -0.497 e. The Kier molecular flexibility index (Phi) is 17.4. The number of methoxy groups -OCH3 is 2. The Hall–Kier alpha value is -6.86. The minimum atomic E-state index is -3.80. The number of anilines is 1. The lowest BCUT2D eigenvalue weighted by Gasteiger charge is -2.40. The standard InChI is InChI=1S/C54H58N5O13P/c1-36(2)71-73(62,72-37(3)4)35-65-30-45-47(67-33-66-34-68-53(61)39-18-12-8-13-19-39)48(52(69-45)59-32-57-46-49(55-31-56-50(46)59)58-51(60)38-16-10-7-11-17-38)70-54(40-20-14-9-15-21-40,41-22-26-43(63-5)27-23-41)42-24-28-44(64-6)29-25-42/h7-29,31-32,36-37,45,47-48,52H,30,33-35H2,1-6H3,(H,55,56,58,60)/t45-,47-,48-,52-/m1/s1. The van der Waals surface area contributed by atoms with Crippen LogP contribution in [0, 0.1) is 0 Å². The van der Waals surface area contributed by atoms with E-state index in [0.717, 1.165) is 5.56 Å². The zero-order valence-corrected chi connectivity index (χ0v) is 42.2. The molecule has 0 radical (unpaired) electrons. The lowest BCUT2D eigenvalue weighted by atomic mass is 9.79. The van der Waals surface area contributed by atoms with Crippen LogP contribution in [-0.2, 0) is 47.6 Å². The average molecular weight is 1020 g/mol. The number of fused-ring (bicyclic) bond motifs is 1. The lowest BCUT2D eigenvalue weighted by Crippen LogP contribution is -2.45. The highest BCUT2D eigenvalue weighted by atomic mass is 31.2. The molecule has 4 atom stereocenters. The predicted molar refractivity (Wildman–Crippen MR) is 269 cm³/mol. The van der Waals surface area contributed by atoms with Crippen molar-refractivity contribution in [3.05, 3.63) is 180 Å². The molecule has 1 N–H and O–H groups in total. The Balaban J connectivity index is 1.25. The quantitative estimate of drug-likeness (QED) is 0.0197. The fourth-order valence-electron chi connectivity index (χ4n) is 8.45. The summed E-state index contributed by atoms with van der Waals surface area (Å²) in [5.74, 6) is 0.395. The van der Waals surface area contributed by atoms with E-state index < -0.39 is 81.8 Å². The van der Waals surface area contributed by atoms with Crippen molar-refractivity contribution in [2.45, 2.75) is 70.0 Å². The number of amides is 1. The minimum absolute atomic E-state index is 0.153. The van der Waals surface area contributed by atoms with Gasteiger partial charge in [-0.05, 0) is 92.9 Å². The zero-order valence-electron chi connectivity index (χ0n) is 41.3. The van der Waals surface area contributed by atoms with Crippen molar-refractivity contribution >= 4 is 36.5 Å². The van der Waals surface area contributed by atoms with Gasteiger partial charge in [-0.15, -0.1) is 0 Å². The number of aromatic nitrogens is 4. The number of ether oxygens (including phenoxy) is 8. The summed E-state index contributed by atoms with van der Waals surface area (Å²) in [6.45, 7) is 5.93. The molecule has 3 heterocycles. The van der Waals surface area contributed by atoms with E-state index in [1.807, 2.05) is 84.9 Å². The average Bonchev–Trinajstić information content (AvgIpc) is 3.99. The first-order valence-electron chi connectivity index (χ1n) is 23.6. The molecule has 382 valence electrons. The van der Waals surface area contributed by atoms with Crippen LogP contribution in [0.4, 0.5) is 5.82 Å². The van der Waals surface area contributed by atoms with E-state index in [4.69, 9.17) is 51.9 Å². The van der Waals surface area contributed by atoms with Crippen LogP contribution in [0.5, 0.6) is 11.5 Å². The number of carbonyl (C=O) groups excluding carboxylic acids is 2. The van der Waals surface area contributed by atoms with E-state index in [-0.39, 0.29) is 23.6 Å². The first-order chi connectivity index (χ1) is 35.4. The summed E-state index contributed by atoms with van der Waals surface area (Å²) in [6.07, 6.45) is -2.82. The van der Waals surface area contributed by atoms with Crippen molar-refractivity contribution in [1.29, 1.82) is 0 Å². The second kappa shape index (κ2) is 24.2. The van der Waals surface area contributed by atoms with Crippen LogP contribution in [0.1, 0.15) is 71.3 Å². The van der Waals surface area contributed by atoms with Gasteiger partial charge >= 0.3 is 13.6 Å². The van der Waals surface area contributed by atoms with Crippen LogP contribution in [0.25, 0.3) is 11.2 Å². The summed E-state index contributed by atoms with van der Waals surface area (Å²) in [4.78, 5) is 40.1. The van der Waals surface area contributed by atoms with E-state index in [1.165, 1.54) is 12.7 Å². The summed E-state index contributed by atoms with van der Waals surface area (Å²) in [7, 11) is -0.617. The predicted octanol–water partition coefficient (Wildman–Crippen LogP) is 9.56. The summed E-state index contributed by atoms with van der Waals surface area (Å²) in [5, 5.41) is 2.88. The third kappa shape index (κ3) is 12.5. The fourth-order valence-corrected chi connectivity index (χ4v) is 10.2. The monoisotopic (exact) mass is 1020 g/mol. The molecule has 1 amide bonds. The molecule has 0 unspecified atom stereocenters. The highest BCUT2D eigenvalue weighted by molar-refractivity contribution is 7.53. The summed E-state index contributed by atoms with van der Waals surface area (Å²) < 4.78 is 77.7. The van der Waals surface area contributed by atoms with E-state index in [2.05, 4.69) is 15.3 Å². The van der Waals surface area contributed by atoms with Gasteiger partial charge in [0.05, 0.1) is 44.9 Å². The molecule has 8 rings (SSSR count). The molecular formula is C54H58N5O13P. The van der Waals surface area contributed by atoms with E-state index in [9.17, 15) is 14.2 Å². The van der Waals surface area contributed by atoms with Crippen molar-refractivity contribution in [3.8, 4) is 11.5 Å².